The second kappa shape index (κ2) is 12.9. The van der Waals surface area contributed by atoms with Crippen LogP contribution in [0, 0.1) is 0 Å². The predicted octanol–water partition coefficient (Wildman–Crippen LogP) is 4.25. The molecule has 5 heteroatoms. The lowest BCUT2D eigenvalue weighted by molar-refractivity contribution is -0.144. The van der Waals surface area contributed by atoms with E-state index in [0.29, 0.717) is 13.0 Å². The molecule has 19 heavy (non-hydrogen) atoms. The lowest BCUT2D eigenvalue weighted by Crippen LogP contribution is -2.08. The zero-order valence-corrected chi connectivity index (χ0v) is 13.9. The number of Topliss-reactive ketones (excluding diaryl/α,β-unsaturated/α-hetero) is 1. The lowest BCUT2D eigenvalue weighted by atomic mass is 10.2. The van der Waals surface area contributed by atoms with Gasteiger partial charge in [-0.15, -0.1) is 0 Å². The Hall–Kier alpha value is -0.160. The first kappa shape index (κ1) is 18.8. The van der Waals surface area contributed by atoms with Crippen molar-refractivity contribution in [3.05, 3.63) is 0 Å². The molecule has 0 heterocycles. The van der Waals surface area contributed by atoms with Crippen LogP contribution in [0.5, 0.6) is 0 Å². The number of hydrogen-bond acceptors (Lipinski definition) is 5. The Labute approximate surface area is 125 Å². The van der Waals surface area contributed by atoms with Crippen molar-refractivity contribution >= 4 is 33.3 Å². The van der Waals surface area contributed by atoms with Gasteiger partial charge in [-0.05, 0) is 26.2 Å². The van der Waals surface area contributed by atoms with Gasteiger partial charge in [0, 0.05) is 17.4 Å². The van der Waals surface area contributed by atoms with E-state index in [1.54, 1.807) is 0 Å². The summed E-state index contributed by atoms with van der Waals surface area (Å²) in [5.74, 6) is 0.779. The van der Waals surface area contributed by atoms with Gasteiger partial charge in [-0.25, -0.2) is 0 Å². The minimum Gasteiger partial charge on any atom is -0.466 e. The van der Waals surface area contributed by atoms with Crippen molar-refractivity contribution in [3.8, 4) is 0 Å². The summed E-state index contributed by atoms with van der Waals surface area (Å²) in [4.78, 5) is 21.9. The minimum absolute atomic E-state index is 0.0328. The van der Waals surface area contributed by atoms with Gasteiger partial charge in [0.1, 0.15) is 5.78 Å². The summed E-state index contributed by atoms with van der Waals surface area (Å²) in [6.07, 6.45) is 5.11. The van der Waals surface area contributed by atoms with Crippen LogP contribution in [-0.4, -0.2) is 29.4 Å². The van der Waals surface area contributed by atoms with Crippen LogP contribution in [0.2, 0.25) is 0 Å². The number of carbonyl (C=O) groups excluding carboxylic acids is 2. The summed E-state index contributed by atoms with van der Waals surface area (Å²) >= 11 is 0. The molecule has 0 aromatic carbocycles. The first-order valence-corrected chi connectivity index (χ1v) is 9.41. The fraction of sp³-hybridized carbons (Fsp3) is 0.857. The predicted molar refractivity (Wildman–Crippen MR) is 84.5 cm³/mol. The minimum atomic E-state index is -0.259. The molecule has 0 aliphatic carbocycles. The number of hydrogen-bond donors (Lipinski definition) is 0. The monoisotopic (exact) mass is 306 g/mol. The normalized spacial score (nSPS) is 12.2. The molecule has 0 spiro atoms. The molecular formula is C14H26O3S2. The maximum absolute atomic E-state index is 11.2. The molecule has 112 valence electrons. The Morgan fingerprint density at radius 2 is 1.95 bits per heavy atom. The molecule has 3 nitrogen and oxygen atoms in total. The molecule has 0 aliphatic rings. The van der Waals surface area contributed by atoms with Crippen LogP contribution in [0.4, 0.5) is 0 Å². The van der Waals surface area contributed by atoms with Crippen molar-refractivity contribution in [3.63, 3.8) is 0 Å². The van der Waals surface area contributed by atoms with Gasteiger partial charge >= 0.3 is 5.97 Å². The van der Waals surface area contributed by atoms with Crippen molar-refractivity contribution in [1.82, 2.24) is 0 Å². The molecule has 0 amide bonds. The van der Waals surface area contributed by atoms with Crippen LogP contribution >= 0.6 is 21.6 Å². The number of ketones is 1. The maximum Gasteiger partial charge on any atom is 0.306 e. The third-order valence-electron chi connectivity index (χ3n) is 2.59. The van der Waals surface area contributed by atoms with Gasteiger partial charge in [-0.3, -0.25) is 4.79 Å². The maximum atomic E-state index is 11.2. The molecule has 0 aliphatic heterocycles. The molecule has 1 unspecified atom stereocenters. The smallest absolute Gasteiger partial charge is 0.306 e. The molecule has 0 saturated heterocycles. The van der Waals surface area contributed by atoms with E-state index in [1.165, 1.54) is 26.2 Å². The van der Waals surface area contributed by atoms with E-state index in [9.17, 15) is 9.59 Å². The third kappa shape index (κ3) is 12.6. The van der Waals surface area contributed by atoms with Crippen LogP contribution in [0.3, 0.4) is 0 Å². The summed E-state index contributed by atoms with van der Waals surface area (Å²) in [5.41, 5.74) is 0. The Morgan fingerprint density at radius 3 is 2.53 bits per heavy atom. The molecule has 0 radical (unpaired) electrons. The summed E-state index contributed by atoms with van der Waals surface area (Å²) < 4.78 is 5.06. The highest BCUT2D eigenvalue weighted by Gasteiger charge is 2.07. The quantitative estimate of drug-likeness (QED) is 0.306. The zero-order chi connectivity index (χ0) is 14.5. The van der Waals surface area contributed by atoms with Crippen molar-refractivity contribution in [2.45, 2.75) is 64.5 Å². The Kier molecular flexibility index (Phi) is 12.7. The van der Waals surface area contributed by atoms with Crippen molar-refractivity contribution in [1.29, 1.82) is 0 Å². The molecule has 0 saturated carbocycles. The second-order valence-corrected chi connectivity index (χ2v) is 7.30. The largest absolute Gasteiger partial charge is 0.466 e. The fourth-order valence-corrected chi connectivity index (χ4v) is 4.35. The summed E-state index contributed by atoms with van der Waals surface area (Å²) in [7, 11) is 3.82. The van der Waals surface area contributed by atoms with Gasteiger partial charge in [0.25, 0.3) is 0 Å². The summed E-state index contributed by atoms with van der Waals surface area (Å²) in [5, 5.41) is 0.744. The molecule has 0 bridgehead atoms. The fourth-order valence-electron chi connectivity index (χ4n) is 1.44. The first-order chi connectivity index (χ1) is 9.10. The average molecular weight is 306 g/mol. The van der Waals surface area contributed by atoms with E-state index >= 15 is 0 Å². The van der Waals surface area contributed by atoms with E-state index in [4.69, 9.17) is 4.74 Å². The van der Waals surface area contributed by atoms with E-state index < -0.39 is 0 Å². The number of esters is 1. The van der Waals surface area contributed by atoms with Crippen LogP contribution < -0.4 is 0 Å². The van der Waals surface area contributed by atoms with Crippen LogP contribution in [0.15, 0.2) is 0 Å². The highest BCUT2D eigenvalue weighted by atomic mass is 33.1. The Morgan fingerprint density at radius 1 is 1.21 bits per heavy atom. The topological polar surface area (TPSA) is 43.4 Å². The second-order valence-electron chi connectivity index (χ2n) is 4.51. The third-order valence-corrected chi connectivity index (χ3v) is 5.74. The van der Waals surface area contributed by atoms with E-state index in [-0.39, 0.29) is 18.2 Å². The molecule has 1 atom stereocenters. The Balaban J connectivity index is 3.39. The standard InChI is InChI=1S/C14H26O3S2/c1-4-7-13(5-2)19-18-11-6-10-17-14(16)9-8-12(3)15/h13H,4-11H2,1-3H3. The molecule has 0 aromatic heterocycles. The SMILES string of the molecule is CCCC(CC)SSCCCOC(=O)CCC(C)=O. The number of rotatable bonds is 12. The zero-order valence-electron chi connectivity index (χ0n) is 12.3. The highest BCUT2D eigenvalue weighted by Crippen LogP contribution is 2.31. The van der Waals surface area contributed by atoms with Crippen molar-refractivity contribution in [2.75, 3.05) is 12.4 Å². The van der Waals surface area contributed by atoms with Gasteiger partial charge in [0.15, 0.2) is 0 Å². The molecule has 0 N–H and O–H groups in total. The van der Waals surface area contributed by atoms with Crippen LogP contribution in [0.1, 0.15) is 59.3 Å². The van der Waals surface area contributed by atoms with Gasteiger partial charge < -0.3 is 9.53 Å². The van der Waals surface area contributed by atoms with Gasteiger partial charge in [-0.2, -0.15) is 0 Å². The summed E-state index contributed by atoms with van der Waals surface area (Å²) in [6.45, 7) is 6.40. The van der Waals surface area contributed by atoms with E-state index in [0.717, 1.165) is 17.4 Å². The van der Waals surface area contributed by atoms with Gasteiger partial charge in [0.2, 0.25) is 0 Å². The highest BCUT2D eigenvalue weighted by molar-refractivity contribution is 8.76. The van der Waals surface area contributed by atoms with Crippen molar-refractivity contribution < 1.29 is 14.3 Å². The first-order valence-electron chi connectivity index (χ1n) is 7.03. The van der Waals surface area contributed by atoms with E-state index in [2.05, 4.69) is 13.8 Å². The number of carbonyl (C=O) groups is 2. The Bertz CT molecular complexity index is 257. The molecular weight excluding hydrogens is 280 g/mol. The molecule has 0 aromatic rings. The summed E-state index contributed by atoms with van der Waals surface area (Å²) in [6, 6.07) is 0. The number of ether oxygens (including phenoxy) is 1. The van der Waals surface area contributed by atoms with Gasteiger partial charge in [0.05, 0.1) is 13.0 Å². The van der Waals surface area contributed by atoms with E-state index in [1.807, 2.05) is 21.6 Å². The molecule has 0 fully saturated rings. The van der Waals surface area contributed by atoms with Gasteiger partial charge in [-0.1, -0.05) is 41.9 Å². The lowest BCUT2D eigenvalue weighted by Gasteiger charge is -2.12. The molecule has 0 rings (SSSR count). The van der Waals surface area contributed by atoms with Crippen LogP contribution in [-0.2, 0) is 14.3 Å². The van der Waals surface area contributed by atoms with Crippen LogP contribution in [0.25, 0.3) is 0 Å². The average Bonchev–Trinajstić information content (AvgIpc) is 2.38. The van der Waals surface area contributed by atoms with Crippen molar-refractivity contribution in [2.24, 2.45) is 0 Å².